The zero-order valence-corrected chi connectivity index (χ0v) is 10.1. The third-order valence-corrected chi connectivity index (χ3v) is 2.90. The second kappa shape index (κ2) is 4.62. The molecule has 14 heavy (non-hydrogen) atoms. The Balaban J connectivity index is 3.49. The Bertz CT molecular complexity index is 426. The molecule has 0 saturated carbocycles. The molecule has 0 aliphatic rings. The molecule has 0 radical (unpaired) electrons. The second-order valence-corrected chi connectivity index (χ2v) is 3.81. The number of nitriles is 1. The molecule has 0 aliphatic heterocycles. The van der Waals surface area contributed by atoms with E-state index in [-0.39, 0.29) is 11.1 Å². The summed E-state index contributed by atoms with van der Waals surface area (Å²) in [4.78, 5) is 11.1. The number of carbonyl (C=O) groups excluding carboxylic acids is 1. The largest absolute Gasteiger partial charge is 0.496 e. The summed E-state index contributed by atoms with van der Waals surface area (Å²) >= 11 is 7.29. The van der Waals surface area contributed by atoms with Crippen LogP contribution in [0.25, 0.3) is 0 Å². The van der Waals surface area contributed by atoms with E-state index in [1.807, 2.05) is 28.7 Å². The van der Waals surface area contributed by atoms with Gasteiger partial charge in [0.15, 0.2) is 0 Å². The van der Waals surface area contributed by atoms with Crippen molar-refractivity contribution in [3.05, 3.63) is 26.8 Å². The number of ether oxygens (including phenoxy) is 1. The van der Waals surface area contributed by atoms with E-state index in [1.54, 1.807) is 6.07 Å². The Kier molecular flexibility index (Phi) is 3.72. The summed E-state index contributed by atoms with van der Waals surface area (Å²) in [5.74, 6) is 0.536. The molecule has 0 bridgehead atoms. The van der Waals surface area contributed by atoms with Gasteiger partial charge in [-0.15, -0.1) is 0 Å². The van der Waals surface area contributed by atoms with Crippen LogP contribution in [0.15, 0.2) is 12.1 Å². The van der Waals surface area contributed by atoms with Crippen molar-refractivity contribution in [1.82, 2.24) is 0 Å². The number of hydrogen-bond acceptors (Lipinski definition) is 3. The Morgan fingerprint density at radius 2 is 2.29 bits per heavy atom. The van der Waals surface area contributed by atoms with Gasteiger partial charge in [0, 0.05) is 0 Å². The first-order chi connectivity index (χ1) is 6.61. The van der Waals surface area contributed by atoms with E-state index in [9.17, 15) is 4.79 Å². The molecule has 0 unspecified atom stereocenters. The minimum Gasteiger partial charge on any atom is -0.496 e. The Labute approximate surface area is 99.8 Å². The predicted molar refractivity (Wildman–Crippen MR) is 60.6 cm³/mol. The molecule has 0 heterocycles. The van der Waals surface area contributed by atoms with Crippen LogP contribution in [0.5, 0.6) is 5.75 Å². The van der Waals surface area contributed by atoms with Crippen molar-refractivity contribution < 1.29 is 9.53 Å². The Morgan fingerprint density at radius 3 is 2.71 bits per heavy atom. The van der Waals surface area contributed by atoms with Gasteiger partial charge in [-0.2, -0.15) is 5.26 Å². The molecule has 72 valence electrons. The molecule has 0 N–H and O–H groups in total. The van der Waals surface area contributed by atoms with Crippen LogP contribution < -0.4 is 4.74 Å². The highest BCUT2D eigenvalue weighted by Gasteiger charge is 2.16. The van der Waals surface area contributed by atoms with Gasteiger partial charge in [-0.3, -0.25) is 4.79 Å². The fourth-order valence-corrected chi connectivity index (χ4v) is 2.29. The summed E-state index contributed by atoms with van der Waals surface area (Å²) in [6.07, 6.45) is 0. The molecule has 5 heteroatoms. The zero-order valence-electron chi connectivity index (χ0n) is 7.17. The summed E-state index contributed by atoms with van der Waals surface area (Å²) in [6, 6.07) is 5.04. The summed E-state index contributed by atoms with van der Waals surface area (Å²) in [7, 11) is 1.49. The predicted octanol–water partition coefficient (Wildman–Crippen LogP) is 2.55. The van der Waals surface area contributed by atoms with Crippen LogP contribution in [0.3, 0.4) is 0 Å². The lowest BCUT2D eigenvalue weighted by Crippen LogP contribution is -2.00. The monoisotopic (exact) mass is 321 g/mol. The fourth-order valence-electron chi connectivity index (χ4n) is 1.000. The molecule has 0 saturated heterocycles. The third kappa shape index (κ3) is 1.99. The van der Waals surface area contributed by atoms with E-state index in [0.717, 1.165) is 0 Å². The van der Waals surface area contributed by atoms with E-state index < -0.39 is 5.24 Å². The number of benzene rings is 1. The maximum atomic E-state index is 11.1. The van der Waals surface area contributed by atoms with Gasteiger partial charge in [0.1, 0.15) is 5.75 Å². The number of carbonyl (C=O) groups is 1. The van der Waals surface area contributed by atoms with Gasteiger partial charge in [0.25, 0.3) is 5.24 Å². The highest BCUT2D eigenvalue weighted by molar-refractivity contribution is 14.1. The fraction of sp³-hybridized carbons (Fsp3) is 0.111. The summed E-state index contributed by atoms with van der Waals surface area (Å²) < 4.78 is 5.57. The summed E-state index contributed by atoms with van der Waals surface area (Å²) in [6.45, 7) is 0. The molecule has 0 amide bonds. The quantitative estimate of drug-likeness (QED) is 0.621. The van der Waals surface area contributed by atoms with Crippen LogP contribution in [-0.2, 0) is 0 Å². The van der Waals surface area contributed by atoms with Crippen molar-refractivity contribution >= 4 is 39.4 Å². The Hall–Kier alpha value is -0.800. The third-order valence-electron chi connectivity index (χ3n) is 1.64. The van der Waals surface area contributed by atoms with Gasteiger partial charge in [0.05, 0.1) is 27.9 Å². The normalized spacial score (nSPS) is 9.29. The van der Waals surface area contributed by atoms with Crippen molar-refractivity contribution in [2.24, 2.45) is 0 Å². The minimum atomic E-state index is -0.648. The molecule has 0 aliphatic carbocycles. The van der Waals surface area contributed by atoms with Crippen LogP contribution in [0.1, 0.15) is 15.9 Å². The second-order valence-electron chi connectivity index (χ2n) is 2.39. The first kappa shape index (κ1) is 11.3. The van der Waals surface area contributed by atoms with Crippen LogP contribution >= 0.6 is 34.2 Å². The lowest BCUT2D eigenvalue weighted by Gasteiger charge is -2.06. The molecule has 0 aromatic heterocycles. The lowest BCUT2D eigenvalue weighted by atomic mass is 10.1. The van der Waals surface area contributed by atoms with Gasteiger partial charge in [-0.1, -0.05) is 0 Å². The van der Waals surface area contributed by atoms with Crippen molar-refractivity contribution in [2.75, 3.05) is 7.11 Å². The van der Waals surface area contributed by atoms with Crippen molar-refractivity contribution in [3.8, 4) is 11.8 Å². The zero-order chi connectivity index (χ0) is 10.7. The highest BCUT2D eigenvalue weighted by Crippen LogP contribution is 2.28. The van der Waals surface area contributed by atoms with E-state index in [0.29, 0.717) is 9.32 Å². The molecule has 1 aromatic rings. The number of rotatable bonds is 2. The van der Waals surface area contributed by atoms with Gasteiger partial charge in [-0.25, -0.2) is 0 Å². The van der Waals surface area contributed by atoms with Crippen molar-refractivity contribution in [3.63, 3.8) is 0 Å². The lowest BCUT2D eigenvalue weighted by molar-refractivity contribution is 0.108. The number of halogens is 2. The van der Waals surface area contributed by atoms with Gasteiger partial charge >= 0.3 is 0 Å². The number of methoxy groups -OCH3 is 1. The minimum absolute atomic E-state index is 0.203. The summed E-state index contributed by atoms with van der Waals surface area (Å²) in [5.41, 5.74) is 0.462. The smallest absolute Gasteiger partial charge is 0.254 e. The first-order valence-corrected chi connectivity index (χ1v) is 5.04. The van der Waals surface area contributed by atoms with Crippen LogP contribution in [-0.4, -0.2) is 12.4 Å². The molecular weight excluding hydrogens is 316 g/mol. The van der Waals surface area contributed by atoms with Crippen molar-refractivity contribution in [1.29, 1.82) is 5.26 Å². The van der Waals surface area contributed by atoms with Gasteiger partial charge in [-0.05, 0) is 46.3 Å². The van der Waals surface area contributed by atoms with E-state index in [2.05, 4.69) is 0 Å². The molecule has 3 nitrogen and oxygen atoms in total. The first-order valence-electron chi connectivity index (χ1n) is 3.58. The van der Waals surface area contributed by atoms with Crippen molar-refractivity contribution in [2.45, 2.75) is 0 Å². The SMILES string of the molecule is COc1ccc(C#N)c(C(=O)Cl)c1I. The van der Waals surface area contributed by atoms with Crippen LogP contribution in [0, 0.1) is 14.9 Å². The number of hydrogen-bond donors (Lipinski definition) is 0. The average molecular weight is 322 g/mol. The van der Waals surface area contributed by atoms with Gasteiger partial charge < -0.3 is 4.74 Å². The van der Waals surface area contributed by atoms with E-state index in [1.165, 1.54) is 13.2 Å². The van der Waals surface area contributed by atoms with Gasteiger partial charge in [0.2, 0.25) is 0 Å². The van der Waals surface area contributed by atoms with E-state index >= 15 is 0 Å². The van der Waals surface area contributed by atoms with Crippen LogP contribution in [0.4, 0.5) is 0 Å². The highest BCUT2D eigenvalue weighted by atomic mass is 127. The maximum absolute atomic E-state index is 11.1. The summed E-state index contributed by atoms with van der Waals surface area (Å²) in [5, 5.41) is 8.10. The molecule has 1 aromatic carbocycles. The molecule has 0 atom stereocenters. The average Bonchev–Trinajstić information content (AvgIpc) is 2.16. The Morgan fingerprint density at radius 1 is 1.64 bits per heavy atom. The molecule has 0 fully saturated rings. The molecule has 1 rings (SSSR count). The molecule has 0 spiro atoms. The van der Waals surface area contributed by atoms with Crippen LogP contribution in [0.2, 0.25) is 0 Å². The molecular formula is C9H5ClINO2. The topological polar surface area (TPSA) is 50.1 Å². The maximum Gasteiger partial charge on any atom is 0.254 e. The van der Waals surface area contributed by atoms with E-state index in [4.69, 9.17) is 21.6 Å². The standard InChI is InChI=1S/C9H5ClINO2/c1-14-6-3-2-5(4-12)7(8(6)11)9(10)13/h2-3H,1H3. The number of nitrogens with zero attached hydrogens (tertiary/aromatic N) is 1.